The molecular weight excluding hydrogens is 293 g/mol. The van der Waals surface area contributed by atoms with Gasteiger partial charge in [-0.3, -0.25) is 4.40 Å². The predicted octanol–water partition coefficient (Wildman–Crippen LogP) is 4.51. The maximum absolute atomic E-state index is 6.21. The van der Waals surface area contributed by atoms with Crippen molar-refractivity contribution in [2.45, 2.75) is 13.8 Å². The van der Waals surface area contributed by atoms with E-state index in [0.29, 0.717) is 21.5 Å². The van der Waals surface area contributed by atoms with E-state index in [0.717, 1.165) is 22.4 Å². The quantitative estimate of drug-likeness (QED) is 0.719. The average Bonchev–Trinajstić information content (AvgIpc) is 2.71. The molecule has 3 nitrogen and oxygen atoms in total. The number of imidazole rings is 1. The van der Waals surface area contributed by atoms with E-state index >= 15 is 0 Å². The third-order valence-corrected chi connectivity index (χ3v) is 3.81. The highest BCUT2D eigenvalue weighted by atomic mass is 35.5. The van der Waals surface area contributed by atoms with Crippen molar-refractivity contribution in [3.05, 3.63) is 51.6 Å². The van der Waals surface area contributed by atoms with Crippen molar-refractivity contribution < 1.29 is 0 Å². The lowest BCUT2D eigenvalue weighted by molar-refractivity contribution is 1.20. The summed E-state index contributed by atoms with van der Waals surface area (Å²) in [6, 6.07) is 7.86. The molecule has 2 N–H and O–H groups in total. The van der Waals surface area contributed by atoms with Crippen LogP contribution >= 0.6 is 23.2 Å². The highest BCUT2D eigenvalue weighted by Gasteiger charge is 2.15. The van der Waals surface area contributed by atoms with Crippen LogP contribution in [0, 0.1) is 13.8 Å². The van der Waals surface area contributed by atoms with Crippen LogP contribution in [-0.4, -0.2) is 9.38 Å². The Balaban J connectivity index is 2.35. The average molecular weight is 306 g/mol. The maximum Gasteiger partial charge on any atom is 0.158 e. The molecule has 0 aliphatic heterocycles. The molecule has 3 rings (SSSR count). The van der Waals surface area contributed by atoms with Gasteiger partial charge in [0, 0.05) is 11.8 Å². The number of halogens is 2. The predicted molar refractivity (Wildman–Crippen MR) is 84.5 cm³/mol. The number of pyridine rings is 1. The van der Waals surface area contributed by atoms with E-state index in [1.54, 1.807) is 16.7 Å². The normalized spacial score (nSPS) is 11.2. The number of nitrogens with zero attached hydrogens (tertiary/aromatic N) is 2. The lowest BCUT2D eigenvalue weighted by Gasteiger charge is -2.05. The number of hydrogen-bond donors (Lipinski definition) is 1. The molecule has 0 spiro atoms. The van der Waals surface area contributed by atoms with Gasteiger partial charge in [-0.25, -0.2) is 4.98 Å². The topological polar surface area (TPSA) is 43.3 Å². The standard InChI is InChI=1S/C15H13Cl2N3/c1-8-3-4-9(2)11(5-8)13-14(18)20-7-10(16)6-12(17)15(20)19-13/h3-7H,18H2,1-2H3. The first-order valence-electron chi connectivity index (χ1n) is 6.17. The zero-order valence-electron chi connectivity index (χ0n) is 11.1. The van der Waals surface area contributed by atoms with Gasteiger partial charge < -0.3 is 5.73 Å². The minimum atomic E-state index is 0.487. The second-order valence-corrected chi connectivity index (χ2v) is 5.71. The van der Waals surface area contributed by atoms with E-state index in [9.17, 15) is 0 Å². The zero-order valence-corrected chi connectivity index (χ0v) is 12.6. The Morgan fingerprint density at radius 1 is 1.15 bits per heavy atom. The van der Waals surface area contributed by atoms with Crippen LogP contribution in [0.15, 0.2) is 30.5 Å². The van der Waals surface area contributed by atoms with Crippen molar-refractivity contribution in [1.82, 2.24) is 9.38 Å². The molecule has 0 radical (unpaired) electrons. The second kappa shape index (κ2) is 4.69. The molecule has 20 heavy (non-hydrogen) atoms. The number of benzene rings is 1. The summed E-state index contributed by atoms with van der Waals surface area (Å²) in [4.78, 5) is 4.57. The van der Waals surface area contributed by atoms with Crippen molar-refractivity contribution in [2.24, 2.45) is 0 Å². The van der Waals surface area contributed by atoms with Crippen LogP contribution in [0.5, 0.6) is 0 Å². The van der Waals surface area contributed by atoms with Crippen LogP contribution in [0.4, 0.5) is 5.82 Å². The van der Waals surface area contributed by atoms with Crippen LogP contribution < -0.4 is 5.73 Å². The Kier molecular flexibility index (Phi) is 3.11. The summed E-state index contributed by atoms with van der Waals surface area (Å²) in [5.41, 5.74) is 10.8. The number of nitrogen functional groups attached to an aromatic ring is 1. The number of aromatic nitrogens is 2. The van der Waals surface area contributed by atoms with Crippen LogP contribution in [-0.2, 0) is 0 Å². The van der Waals surface area contributed by atoms with Crippen LogP contribution in [0.25, 0.3) is 16.9 Å². The summed E-state index contributed by atoms with van der Waals surface area (Å²) in [5, 5.41) is 1.01. The molecule has 0 aliphatic carbocycles. The van der Waals surface area contributed by atoms with Crippen LogP contribution in [0.2, 0.25) is 10.0 Å². The lowest BCUT2D eigenvalue weighted by Crippen LogP contribution is -1.95. The van der Waals surface area contributed by atoms with Gasteiger partial charge in [0.05, 0.1) is 10.0 Å². The fraction of sp³-hybridized carbons (Fsp3) is 0.133. The molecule has 0 unspecified atom stereocenters. The summed E-state index contributed by atoms with van der Waals surface area (Å²) < 4.78 is 1.72. The van der Waals surface area contributed by atoms with Gasteiger partial charge in [0.2, 0.25) is 0 Å². The molecule has 2 heterocycles. The van der Waals surface area contributed by atoms with Gasteiger partial charge in [0.15, 0.2) is 5.65 Å². The van der Waals surface area contributed by atoms with E-state index in [-0.39, 0.29) is 0 Å². The van der Waals surface area contributed by atoms with Gasteiger partial charge in [0.25, 0.3) is 0 Å². The van der Waals surface area contributed by atoms with Crippen LogP contribution in [0.3, 0.4) is 0 Å². The van der Waals surface area contributed by atoms with Crippen molar-refractivity contribution >= 4 is 34.7 Å². The number of rotatable bonds is 1. The monoisotopic (exact) mass is 305 g/mol. The van der Waals surface area contributed by atoms with Gasteiger partial charge in [-0.1, -0.05) is 40.9 Å². The summed E-state index contributed by atoms with van der Waals surface area (Å²) >= 11 is 12.2. The van der Waals surface area contributed by atoms with Gasteiger partial charge in [-0.05, 0) is 31.5 Å². The summed E-state index contributed by atoms with van der Waals surface area (Å²) in [6.45, 7) is 4.07. The third-order valence-electron chi connectivity index (χ3n) is 3.33. The molecule has 0 aliphatic rings. The molecule has 0 amide bonds. The molecule has 5 heteroatoms. The molecule has 3 aromatic rings. The molecule has 1 aromatic carbocycles. The Morgan fingerprint density at radius 2 is 1.90 bits per heavy atom. The number of anilines is 1. The molecule has 0 atom stereocenters. The Bertz CT molecular complexity index is 822. The molecule has 2 aromatic heterocycles. The molecule has 0 saturated carbocycles. The molecule has 0 fully saturated rings. The van der Waals surface area contributed by atoms with E-state index < -0.39 is 0 Å². The molecule has 0 saturated heterocycles. The van der Waals surface area contributed by atoms with E-state index in [1.807, 2.05) is 13.8 Å². The molecular formula is C15H13Cl2N3. The minimum Gasteiger partial charge on any atom is -0.383 e. The van der Waals surface area contributed by atoms with E-state index in [4.69, 9.17) is 28.9 Å². The maximum atomic E-state index is 6.21. The lowest BCUT2D eigenvalue weighted by atomic mass is 10.0. The minimum absolute atomic E-state index is 0.487. The van der Waals surface area contributed by atoms with Gasteiger partial charge in [0.1, 0.15) is 11.5 Å². The van der Waals surface area contributed by atoms with Crippen molar-refractivity contribution in [1.29, 1.82) is 0 Å². The highest BCUT2D eigenvalue weighted by Crippen LogP contribution is 2.33. The van der Waals surface area contributed by atoms with Gasteiger partial charge in [-0.2, -0.15) is 0 Å². The Morgan fingerprint density at radius 3 is 2.65 bits per heavy atom. The van der Waals surface area contributed by atoms with Crippen molar-refractivity contribution in [3.8, 4) is 11.3 Å². The number of hydrogen-bond acceptors (Lipinski definition) is 2. The Labute approximate surface area is 127 Å². The summed E-state index contributed by atoms with van der Waals surface area (Å²) in [6.07, 6.45) is 1.72. The number of nitrogens with two attached hydrogens (primary N) is 1. The second-order valence-electron chi connectivity index (χ2n) is 4.86. The van der Waals surface area contributed by atoms with Gasteiger partial charge >= 0.3 is 0 Å². The third kappa shape index (κ3) is 2.03. The fourth-order valence-electron chi connectivity index (χ4n) is 2.28. The fourth-order valence-corrected chi connectivity index (χ4v) is 2.79. The molecule has 102 valence electrons. The zero-order chi connectivity index (χ0) is 14.4. The smallest absolute Gasteiger partial charge is 0.158 e. The first-order chi connectivity index (χ1) is 9.47. The summed E-state index contributed by atoms with van der Waals surface area (Å²) in [5.74, 6) is 0.540. The number of aryl methyl sites for hydroxylation is 2. The van der Waals surface area contributed by atoms with Crippen molar-refractivity contribution in [3.63, 3.8) is 0 Å². The van der Waals surface area contributed by atoms with Gasteiger partial charge in [-0.15, -0.1) is 0 Å². The molecule has 0 bridgehead atoms. The van der Waals surface area contributed by atoms with E-state index in [2.05, 4.69) is 23.2 Å². The van der Waals surface area contributed by atoms with E-state index in [1.165, 1.54) is 0 Å². The van der Waals surface area contributed by atoms with Crippen LogP contribution in [0.1, 0.15) is 11.1 Å². The summed E-state index contributed by atoms with van der Waals surface area (Å²) in [7, 11) is 0. The SMILES string of the molecule is Cc1ccc(C)c(-c2nc3c(Cl)cc(Cl)cn3c2N)c1. The first-order valence-corrected chi connectivity index (χ1v) is 6.93. The number of fused-ring (bicyclic) bond motifs is 1. The largest absolute Gasteiger partial charge is 0.383 e. The van der Waals surface area contributed by atoms with Crippen molar-refractivity contribution in [2.75, 3.05) is 5.73 Å². The highest BCUT2D eigenvalue weighted by molar-refractivity contribution is 6.36. The Hall–Kier alpha value is -1.71. The first kappa shape index (κ1) is 13.3.